The summed E-state index contributed by atoms with van der Waals surface area (Å²) in [6, 6.07) is 31.7. The molecule has 6 rings (SSSR count). The van der Waals surface area contributed by atoms with Gasteiger partial charge in [-0.05, 0) is 90.2 Å². The summed E-state index contributed by atoms with van der Waals surface area (Å²) in [7, 11) is 0. The fourth-order valence-electron chi connectivity index (χ4n) is 5.74. The van der Waals surface area contributed by atoms with Crippen LogP contribution in [0.15, 0.2) is 109 Å². The number of carbonyl (C=O) groups is 1. The van der Waals surface area contributed by atoms with Crippen LogP contribution in [-0.2, 0) is 24.4 Å². The number of rotatable bonds is 13. The quantitative estimate of drug-likeness (QED) is 0.113. The smallest absolute Gasteiger partial charge is 0.246 e. The number of hydrogen-bond acceptors (Lipinski definition) is 6. The average molecular weight is 723 g/mol. The molecule has 9 heteroatoms. The molecule has 0 saturated carbocycles. The van der Waals surface area contributed by atoms with Gasteiger partial charge in [-0.2, -0.15) is 0 Å². The number of aromatic nitrogens is 1. The highest BCUT2D eigenvalue weighted by atomic mass is 35.5. The molecule has 0 atom stereocenters. The van der Waals surface area contributed by atoms with Crippen molar-refractivity contribution in [1.29, 1.82) is 0 Å². The second kappa shape index (κ2) is 17.4. The molecule has 1 aromatic heterocycles. The molecule has 262 valence electrons. The summed E-state index contributed by atoms with van der Waals surface area (Å²) in [6.45, 7) is 8.92. The van der Waals surface area contributed by atoms with Gasteiger partial charge >= 0.3 is 0 Å². The lowest BCUT2D eigenvalue weighted by Gasteiger charge is -2.34. The fraction of sp³-hybridized carbons (Fsp3) is 0.238. The van der Waals surface area contributed by atoms with Crippen LogP contribution in [0.1, 0.15) is 33.4 Å². The Bertz CT molecular complexity index is 1900. The van der Waals surface area contributed by atoms with Crippen LogP contribution in [0.4, 0.5) is 0 Å². The Morgan fingerprint density at radius 2 is 1.47 bits per heavy atom. The first kappa shape index (κ1) is 36.0. The average Bonchev–Trinajstić information content (AvgIpc) is 3.14. The largest absolute Gasteiger partial charge is 0.493 e. The summed E-state index contributed by atoms with van der Waals surface area (Å²) in [6.07, 6.45) is 5.89. The Labute approximate surface area is 310 Å². The van der Waals surface area contributed by atoms with Crippen LogP contribution in [0, 0.1) is 13.8 Å². The van der Waals surface area contributed by atoms with Crippen LogP contribution in [0.25, 0.3) is 6.08 Å². The van der Waals surface area contributed by atoms with Crippen molar-refractivity contribution in [2.75, 3.05) is 32.8 Å². The van der Waals surface area contributed by atoms with Crippen molar-refractivity contribution in [3.05, 3.63) is 153 Å². The van der Waals surface area contributed by atoms with Gasteiger partial charge in [0.1, 0.15) is 18.1 Å². The van der Waals surface area contributed by atoms with Crippen molar-refractivity contribution in [1.82, 2.24) is 14.8 Å². The summed E-state index contributed by atoms with van der Waals surface area (Å²) in [5, 5.41) is 1.12. The first-order valence-corrected chi connectivity index (χ1v) is 17.8. The van der Waals surface area contributed by atoms with Crippen molar-refractivity contribution >= 4 is 35.2 Å². The van der Waals surface area contributed by atoms with E-state index in [0.717, 1.165) is 48.5 Å². The molecule has 0 aliphatic carbocycles. The van der Waals surface area contributed by atoms with Crippen LogP contribution in [0.2, 0.25) is 10.0 Å². The number of benzene rings is 4. The maximum absolute atomic E-state index is 13.0. The maximum Gasteiger partial charge on any atom is 0.246 e. The Morgan fingerprint density at radius 1 is 0.784 bits per heavy atom. The lowest BCUT2D eigenvalue weighted by molar-refractivity contribution is -0.127. The second-order valence-electron chi connectivity index (χ2n) is 12.7. The maximum atomic E-state index is 13.0. The molecule has 0 bridgehead atoms. The van der Waals surface area contributed by atoms with E-state index in [9.17, 15) is 4.79 Å². The molecule has 4 aromatic carbocycles. The van der Waals surface area contributed by atoms with Gasteiger partial charge in [0.15, 0.2) is 5.75 Å². The zero-order valence-electron chi connectivity index (χ0n) is 28.9. The van der Waals surface area contributed by atoms with Crippen molar-refractivity contribution in [3.8, 4) is 23.1 Å². The van der Waals surface area contributed by atoms with E-state index in [1.54, 1.807) is 36.5 Å². The van der Waals surface area contributed by atoms with Crippen LogP contribution in [0.5, 0.6) is 23.1 Å². The minimum atomic E-state index is -0.0106. The number of carbonyl (C=O) groups excluding carboxylic acids is 1. The van der Waals surface area contributed by atoms with Crippen molar-refractivity contribution in [2.24, 2.45) is 0 Å². The standard InChI is InChI=1S/C42H41Cl2N3O4/c1-30-3-14-37(15-4-30)49-24-19-32-5-7-33(8-6-32)28-46-20-22-47(23-21-46)41(48)18-11-35-25-31(2)42(39(44)26-35)51-40-17-16-38(27-45-40)50-29-34-9-12-36(43)13-10-34/h3-18,25-27H,19-24,28-29H2,1-2H3. The molecule has 7 nitrogen and oxygen atoms in total. The molecule has 1 amide bonds. The summed E-state index contributed by atoms with van der Waals surface area (Å²) >= 11 is 12.6. The normalized spacial score (nSPS) is 13.4. The first-order valence-electron chi connectivity index (χ1n) is 17.1. The Morgan fingerprint density at radius 3 is 2.16 bits per heavy atom. The summed E-state index contributed by atoms with van der Waals surface area (Å²) in [4.78, 5) is 21.7. The first-order chi connectivity index (χ1) is 24.8. The van der Waals surface area contributed by atoms with Gasteiger partial charge in [-0.3, -0.25) is 9.69 Å². The van der Waals surface area contributed by atoms with E-state index in [4.69, 9.17) is 37.4 Å². The number of halogens is 2. The molecule has 0 N–H and O–H groups in total. The number of ether oxygens (including phenoxy) is 3. The molecular formula is C42H41Cl2N3O4. The van der Waals surface area contributed by atoms with E-state index in [-0.39, 0.29) is 5.91 Å². The number of hydrogen-bond donors (Lipinski definition) is 0. The highest BCUT2D eigenvalue weighted by Crippen LogP contribution is 2.34. The molecule has 51 heavy (non-hydrogen) atoms. The lowest BCUT2D eigenvalue weighted by atomic mass is 10.1. The minimum Gasteiger partial charge on any atom is -0.493 e. The SMILES string of the molecule is Cc1ccc(OCCc2ccc(CN3CCN(C(=O)C=Cc4cc(C)c(Oc5ccc(OCc6ccc(Cl)cc6)cn5)c(Cl)c4)CC3)cc2)cc1. The van der Waals surface area contributed by atoms with Crippen LogP contribution in [-0.4, -0.2) is 53.5 Å². The third-order valence-electron chi connectivity index (χ3n) is 8.70. The van der Waals surface area contributed by atoms with Gasteiger partial charge in [-0.25, -0.2) is 4.98 Å². The topological polar surface area (TPSA) is 64.1 Å². The van der Waals surface area contributed by atoms with Gasteiger partial charge in [-0.1, -0.05) is 77.3 Å². The molecule has 1 aliphatic rings. The predicted octanol–water partition coefficient (Wildman–Crippen LogP) is 9.36. The lowest BCUT2D eigenvalue weighted by Crippen LogP contribution is -2.47. The van der Waals surface area contributed by atoms with E-state index in [0.29, 0.717) is 53.7 Å². The summed E-state index contributed by atoms with van der Waals surface area (Å²) in [5.41, 5.74) is 6.41. The van der Waals surface area contributed by atoms with E-state index in [1.807, 2.05) is 54.3 Å². The third-order valence-corrected chi connectivity index (χ3v) is 9.23. The van der Waals surface area contributed by atoms with Gasteiger partial charge in [0.25, 0.3) is 0 Å². The zero-order valence-corrected chi connectivity index (χ0v) is 30.4. The monoisotopic (exact) mass is 721 g/mol. The molecule has 0 radical (unpaired) electrons. The van der Waals surface area contributed by atoms with Crippen molar-refractivity contribution < 1.29 is 19.0 Å². The van der Waals surface area contributed by atoms with E-state index in [2.05, 4.69) is 53.2 Å². The van der Waals surface area contributed by atoms with Gasteiger partial charge in [0, 0.05) is 56.3 Å². The molecule has 1 saturated heterocycles. The van der Waals surface area contributed by atoms with E-state index < -0.39 is 0 Å². The fourth-order valence-corrected chi connectivity index (χ4v) is 6.18. The molecule has 1 aliphatic heterocycles. The van der Waals surface area contributed by atoms with Crippen LogP contribution >= 0.6 is 23.2 Å². The Kier molecular flexibility index (Phi) is 12.3. The van der Waals surface area contributed by atoms with Crippen molar-refractivity contribution in [2.45, 2.75) is 33.4 Å². The Balaban J connectivity index is 0.931. The minimum absolute atomic E-state index is 0.0106. The van der Waals surface area contributed by atoms with Crippen molar-refractivity contribution in [3.63, 3.8) is 0 Å². The molecule has 0 unspecified atom stereocenters. The third kappa shape index (κ3) is 10.6. The summed E-state index contributed by atoms with van der Waals surface area (Å²) < 4.78 is 17.7. The number of nitrogens with zero attached hydrogens (tertiary/aromatic N) is 3. The van der Waals surface area contributed by atoms with Gasteiger partial charge in [0.2, 0.25) is 11.8 Å². The number of aryl methyl sites for hydroxylation is 2. The van der Waals surface area contributed by atoms with Crippen LogP contribution in [0.3, 0.4) is 0 Å². The van der Waals surface area contributed by atoms with Gasteiger partial charge in [0.05, 0.1) is 17.8 Å². The van der Waals surface area contributed by atoms with E-state index in [1.165, 1.54) is 16.7 Å². The summed E-state index contributed by atoms with van der Waals surface area (Å²) in [5.74, 6) is 2.42. The number of piperazine rings is 1. The Hall–Kier alpha value is -4.82. The molecule has 1 fully saturated rings. The second-order valence-corrected chi connectivity index (χ2v) is 13.5. The highest BCUT2D eigenvalue weighted by molar-refractivity contribution is 6.32. The van der Waals surface area contributed by atoms with Gasteiger partial charge < -0.3 is 19.1 Å². The molecule has 0 spiro atoms. The number of pyridine rings is 1. The highest BCUT2D eigenvalue weighted by Gasteiger charge is 2.20. The van der Waals surface area contributed by atoms with Gasteiger partial charge in [-0.15, -0.1) is 0 Å². The predicted molar refractivity (Wildman–Crippen MR) is 204 cm³/mol. The molecule has 2 heterocycles. The zero-order chi connectivity index (χ0) is 35.6. The molecular weight excluding hydrogens is 681 g/mol. The van der Waals surface area contributed by atoms with E-state index >= 15 is 0 Å². The molecule has 5 aromatic rings. The van der Waals surface area contributed by atoms with Crippen LogP contribution < -0.4 is 14.2 Å². The number of amides is 1.